The predicted molar refractivity (Wildman–Crippen MR) is 65.9 cm³/mol. The first-order chi connectivity index (χ1) is 7.08. The van der Waals surface area contributed by atoms with Gasteiger partial charge in [-0.25, -0.2) is 0 Å². The number of aryl methyl sites for hydroxylation is 1. The molecule has 1 heterocycles. The second-order valence-corrected chi connectivity index (χ2v) is 4.61. The van der Waals surface area contributed by atoms with Gasteiger partial charge in [0, 0.05) is 29.3 Å². The third-order valence-corrected chi connectivity index (χ3v) is 2.78. The summed E-state index contributed by atoms with van der Waals surface area (Å²) < 4.78 is 2.26. The first kappa shape index (κ1) is 10.1. The maximum atomic E-state index is 5.78. The molecule has 1 aromatic heterocycles. The molecule has 80 valence electrons. The molecule has 15 heavy (non-hydrogen) atoms. The average molecular weight is 202 g/mol. The van der Waals surface area contributed by atoms with Gasteiger partial charge in [-0.2, -0.15) is 0 Å². The van der Waals surface area contributed by atoms with Crippen LogP contribution in [0.1, 0.15) is 19.5 Å². The Bertz CT molecular complexity index is 480. The zero-order chi connectivity index (χ0) is 11.0. The molecule has 2 aromatic rings. The van der Waals surface area contributed by atoms with Gasteiger partial charge in [-0.3, -0.25) is 0 Å². The minimum absolute atomic E-state index is 0.686. The molecule has 0 saturated carbocycles. The van der Waals surface area contributed by atoms with Crippen LogP contribution in [0.25, 0.3) is 10.9 Å². The summed E-state index contributed by atoms with van der Waals surface area (Å²) in [6.07, 6.45) is 1.12. The molecule has 0 aliphatic carbocycles. The maximum Gasteiger partial charge on any atom is 0.0481 e. The number of aromatic nitrogens is 1. The minimum Gasteiger partial charge on any atom is -0.399 e. The van der Waals surface area contributed by atoms with Gasteiger partial charge in [-0.1, -0.05) is 13.8 Å². The molecule has 2 nitrogen and oxygen atoms in total. The van der Waals surface area contributed by atoms with Crippen LogP contribution in [0.15, 0.2) is 24.3 Å². The summed E-state index contributed by atoms with van der Waals surface area (Å²) in [6, 6.07) is 8.33. The van der Waals surface area contributed by atoms with Gasteiger partial charge in [0.2, 0.25) is 0 Å². The van der Waals surface area contributed by atoms with E-state index in [1.165, 1.54) is 16.6 Å². The lowest BCUT2D eigenvalue weighted by Crippen LogP contribution is -2.00. The van der Waals surface area contributed by atoms with Crippen molar-refractivity contribution < 1.29 is 0 Å². The van der Waals surface area contributed by atoms with Crippen molar-refractivity contribution >= 4 is 16.6 Å². The molecule has 0 aliphatic rings. The molecule has 2 N–H and O–H groups in total. The van der Waals surface area contributed by atoms with Crippen LogP contribution in [-0.4, -0.2) is 4.57 Å². The molecule has 2 rings (SSSR count). The van der Waals surface area contributed by atoms with Gasteiger partial charge in [0.05, 0.1) is 0 Å². The average Bonchev–Trinajstić information content (AvgIpc) is 2.42. The number of hydrogen-bond acceptors (Lipinski definition) is 1. The topological polar surface area (TPSA) is 30.9 Å². The molecule has 0 saturated heterocycles. The van der Waals surface area contributed by atoms with E-state index >= 15 is 0 Å². The van der Waals surface area contributed by atoms with Crippen molar-refractivity contribution in [3.8, 4) is 0 Å². The predicted octanol–water partition coefficient (Wildman–Crippen LogP) is 2.96. The normalized spacial score (nSPS) is 11.5. The van der Waals surface area contributed by atoms with Crippen LogP contribution in [0.5, 0.6) is 0 Å². The number of rotatable bonds is 2. The Morgan fingerprint density at radius 1 is 1.27 bits per heavy atom. The first-order valence-corrected chi connectivity index (χ1v) is 5.41. The SMILES string of the molecule is CC(C)Cc1cc2cc(N)ccc2n1C. The highest BCUT2D eigenvalue weighted by molar-refractivity contribution is 5.84. The summed E-state index contributed by atoms with van der Waals surface area (Å²) >= 11 is 0. The largest absolute Gasteiger partial charge is 0.399 e. The molecular formula is C13H18N2. The fraction of sp³-hybridized carbons (Fsp3) is 0.385. The Balaban J connectivity index is 2.54. The number of benzene rings is 1. The van der Waals surface area contributed by atoms with Crippen molar-refractivity contribution in [2.45, 2.75) is 20.3 Å². The molecule has 2 heteroatoms. The molecule has 0 amide bonds. The van der Waals surface area contributed by atoms with E-state index in [1.807, 2.05) is 12.1 Å². The van der Waals surface area contributed by atoms with Gasteiger partial charge in [-0.15, -0.1) is 0 Å². The third kappa shape index (κ3) is 1.84. The minimum atomic E-state index is 0.686. The molecule has 0 unspecified atom stereocenters. The standard InChI is InChI=1S/C13H18N2/c1-9(2)6-12-8-10-7-11(14)4-5-13(10)15(12)3/h4-5,7-9H,6,14H2,1-3H3. The van der Waals surface area contributed by atoms with E-state index in [9.17, 15) is 0 Å². The van der Waals surface area contributed by atoms with Crippen LogP contribution in [0, 0.1) is 5.92 Å². The van der Waals surface area contributed by atoms with Gasteiger partial charge in [0.25, 0.3) is 0 Å². The highest BCUT2D eigenvalue weighted by Gasteiger charge is 2.07. The van der Waals surface area contributed by atoms with E-state index in [0.29, 0.717) is 5.92 Å². The third-order valence-electron chi connectivity index (χ3n) is 2.78. The van der Waals surface area contributed by atoms with Crippen LogP contribution in [0.4, 0.5) is 5.69 Å². The van der Waals surface area contributed by atoms with Crippen LogP contribution in [-0.2, 0) is 13.5 Å². The molecule has 0 radical (unpaired) electrons. The van der Waals surface area contributed by atoms with Crippen molar-refractivity contribution in [1.82, 2.24) is 4.57 Å². The highest BCUT2D eigenvalue weighted by atomic mass is 14.9. The smallest absolute Gasteiger partial charge is 0.0481 e. The second kappa shape index (κ2) is 3.61. The zero-order valence-electron chi connectivity index (χ0n) is 9.62. The lowest BCUT2D eigenvalue weighted by Gasteiger charge is -2.06. The monoisotopic (exact) mass is 202 g/mol. The Morgan fingerprint density at radius 2 is 2.00 bits per heavy atom. The Hall–Kier alpha value is -1.44. The Morgan fingerprint density at radius 3 is 2.67 bits per heavy atom. The molecule has 0 atom stereocenters. The quantitative estimate of drug-likeness (QED) is 0.746. The summed E-state index contributed by atoms with van der Waals surface area (Å²) in [7, 11) is 2.12. The fourth-order valence-electron chi connectivity index (χ4n) is 2.04. The van der Waals surface area contributed by atoms with Crippen molar-refractivity contribution in [2.75, 3.05) is 5.73 Å². The van der Waals surface area contributed by atoms with E-state index in [0.717, 1.165) is 12.1 Å². The van der Waals surface area contributed by atoms with E-state index in [4.69, 9.17) is 5.73 Å². The molecule has 0 spiro atoms. The van der Waals surface area contributed by atoms with Gasteiger partial charge in [0.1, 0.15) is 0 Å². The number of nitrogens with zero attached hydrogens (tertiary/aromatic N) is 1. The summed E-state index contributed by atoms with van der Waals surface area (Å²) in [5.41, 5.74) is 9.26. The number of anilines is 1. The van der Waals surface area contributed by atoms with Crippen molar-refractivity contribution in [3.63, 3.8) is 0 Å². The summed E-state index contributed by atoms with van der Waals surface area (Å²) in [4.78, 5) is 0. The van der Waals surface area contributed by atoms with Gasteiger partial charge >= 0.3 is 0 Å². The molecule has 0 aliphatic heterocycles. The van der Waals surface area contributed by atoms with E-state index < -0.39 is 0 Å². The number of nitrogens with two attached hydrogens (primary N) is 1. The van der Waals surface area contributed by atoms with Gasteiger partial charge < -0.3 is 10.3 Å². The maximum absolute atomic E-state index is 5.78. The van der Waals surface area contributed by atoms with Gasteiger partial charge in [-0.05, 0) is 36.6 Å². The van der Waals surface area contributed by atoms with E-state index in [2.05, 4.69) is 37.6 Å². The lowest BCUT2D eigenvalue weighted by molar-refractivity contribution is 0.620. The van der Waals surface area contributed by atoms with Crippen molar-refractivity contribution in [2.24, 2.45) is 13.0 Å². The molecule has 0 bridgehead atoms. The molecular weight excluding hydrogens is 184 g/mol. The zero-order valence-corrected chi connectivity index (χ0v) is 9.62. The summed E-state index contributed by atoms with van der Waals surface area (Å²) in [5.74, 6) is 0.686. The fourth-order valence-corrected chi connectivity index (χ4v) is 2.04. The van der Waals surface area contributed by atoms with Crippen LogP contribution < -0.4 is 5.73 Å². The van der Waals surface area contributed by atoms with E-state index in [1.54, 1.807) is 0 Å². The van der Waals surface area contributed by atoms with Crippen molar-refractivity contribution in [1.29, 1.82) is 0 Å². The van der Waals surface area contributed by atoms with Crippen LogP contribution in [0.3, 0.4) is 0 Å². The number of nitrogen functional groups attached to an aromatic ring is 1. The van der Waals surface area contributed by atoms with Gasteiger partial charge in [0.15, 0.2) is 0 Å². The number of hydrogen-bond donors (Lipinski definition) is 1. The molecule has 0 fully saturated rings. The second-order valence-electron chi connectivity index (χ2n) is 4.61. The van der Waals surface area contributed by atoms with Crippen LogP contribution >= 0.6 is 0 Å². The highest BCUT2D eigenvalue weighted by Crippen LogP contribution is 2.22. The Kier molecular flexibility index (Phi) is 2.43. The van der Waals surface area contributed by atoms with Crippen LogP contribution in [0.2, 0.25) is 0 Å². The van der Waals surface area contributed by atoms with Crippen molar-refractivity contribution in [3.05, 3.63) is 30.0 Å². The summed E-state index contributed by atoms with van der Waals surface area (Å²) in [6.45, 7) is 4.48. The Labute approximate surface area is 90.7 Å². The number of fused-ring (bicyclic) bond motifs is 1. The summed E-state index contributed by atoms with van der Waals surface area (Å²) in [5, 5.41) is 1.24. The lowest BCUT2D eigenvalue weighted by atomic mass is 10.1. The molecule has 1 aromatic carbocycles. The van der Waals surface area contributed by atoms with E-state index in [-0.39, 0.29) is 0 Å². The first-order valence-electron chi connectivity index (χ1n) is 5.41.